The van der Waals surface area contributed by atoms with Gasteiger partial charge in [0.2, 0.25) is 0 Å². The van der Waals surface area contributed by atoms with Crippen molar-refractivity contribution in [3.63, 3.8) is 0 Å². The van der Waals surface area contributed by atoms with Crippen LogP contribution in [0.1, 0.15) is 44.8 Å². The van der Waals surface area contributed by atoms with Crippen molar-refractivity contribution in [3.05, 3.63) is 18.6 Å². The predicted molar refractivity (Wildman–Crippen MR) is 74.2 cm³/mol. The highest BCUT2D eigenvalue weighted by Gasteiger charge is 2.27. The molecule has 4 nitrogen and oxygen atoms in total. The van der Waals surface area contributed by atoms with Crippen molar-refractivity contribution >= 4 is 17.6 Å². The van der Waals surface area contributed by atoms with Crippen molar-refractivity contribution in [2.75, 3.05) is 6.61 Å². The number of hydrogen-bond acceptors (Lipinski definition) is 3. The highest BCUT2D eigenvalue weighted by molar-refractivity contribution is 5.70. The molecule has 1 fully saturated rings. The molecule has 2 atom stereocenters. The SMILES string of the molecule is C=C(C)c1ncn([C@@H]2CCC(CO)C2)c1N=CC. The predicted octanol–water partition coefficient (Wildman–Crippen LogP) is 2.97. The maximum absolute atomic E-state index is 9.23. The van der Waals surface area contributed by atoms with E-state index in [4.69, 9.17) is 0 Å². The largest absolute Gasteiger partial charge is 0.396 e. The summed E-state index contributed by atoms with van der Waals surface area (Å²) in [6.45, 7) is 8.09. The molecule has 1 aliphatic carbocycles. The second kappa shape index (κ2) is 5.48. The molecule has 98 valence electrons. The summed E-state index contributed by atoms with van der Waals surface area (Å²) in [5, 5.41) is 9.23. The monoisotopic (exact) mass is 247 g/mol. The Morgan fingerprint density at radius 2 is 2.44 bits per heavy atom. The zero-order valence-electron chi connectivity index (χ0n) is 11.1. The molecule has 1 unspecified atom stereocenters. The van der Waals surface area contributed by atoms with Crippen LogP contribution in [-0.2, 0) is 0 Å². The molecule has 1 aromatic heterocycles. The quantitative estimate of drug-likeness (QED) is 0.832. The molecule has 0 radical (unpaired) electrons. The summed E-state index contributed by atoms with van der Waals surface area (Å²) in [5.74, 6) is 1.32. The van der Waals surface area contributed by atoms with Gasteiger partial charge in [0.15, 0.2) is 5.82 Å². The zero-order valence-corrected chi connectivity index (χ0v) is 11.1. The Hall–Kier alpha value is -1.42. The number of aliphatic hydroxyl groups is 1. The topological polar surface area (TPSA) is 50.4 Å². The molecule has 0 bridgehead atoms. The lowest BCUT2D eigenvalue weighted by Crippen LogP contribution is -2.06. The Kier molecular flexibility index (Phi) is 3.97. The van der Waals surface area contributed by atoms with Crippen molar-refractivity contribution in [2.24, 2.45) is 10.9 Å². The van der Waals surface area contributed by atoms with Crippen LogP contribution >= 0.6 is 0 Å². The smallest absolute Gasteiger partial charge is 0.159 e. The summed E-state index contributed by atoms with van der Waals surface area (Å²) >= 11 is 0. The highest BCUT2D eigenvalue weighted by Crippen LogP contribution is 2.38. The molecule has 0 spiro atoms. The second-order valence-electron chi connectivity index (χ2n) is 5.01. The van der Waals surface area contributed by atoms with Crippen LogP contribution in [0.2, 0.25) is 0 Å². The minimum absolute atomic E-state index is 0.283. The minimum Gasteiger partial charge on any atom is -0.396 e. The van der Waals surface area contributed by atoms with Gasteiger partial charge in [-0.1, -0.05) is 6.58 Å². The van der Waals surface area contributed by atoms with Crippen molar-refractivity contribution in [3.8, 4) is 0 Å². The molecule has 0 amide bonds. The summed E-state index contributed by atoms with van der Waals surface area (Å²) in [7, 11) is 0. The van der Waals surface area contributed by atoms with Crippen molar-refractivity contribution < 1.29 is 5.11 Å². The summed E-state index contributed by atoms with van der Waals surface area (Å²) in [5.41, 5.74) is 1.81. The fourth-order valence-corrected chi connectivity index (χ4v) is 2.64. The third-order valence-electron chi connectivity index (χ3n) is 3.59. The summed E-state index contributed by atoms with van der Waals surface area (Å²) < 4.78 is 2.14. The number of hydrogen-bond donors (Lipinski definition) is 1. The van der Waals surface area contributed by atoms with E-state index in [0.29, 0.717) is 12.0 Å². The third kappa shape index (κ3) is 2.38. The molecule has 0 aliphatic heterocycles. The van der Waals surface area contributed by atoms with Gasteiger partial charge >= 0.3 is 0 Å². The molecular weight excluding hydrogens is 226 g/mol. The molecule has 0 aromatic carbocycles. The van der Waals surface area contributed by atoms with E-state index in [-0.39, 0.29) is 6.61 Å². The Bertz CT molecular complexity index is 462. The first-order valence-corrected chi connectivity index (χ1v) is 6.49. The van der Waals surface area contributed by atoms with E-state index in [0.717, 1.165) is 36.3 Å². The van der Waals surface area contributed by atoms with Crippen LogP contribution < -0.4 is 0 Å². The van der Waals surface area contributed by atoms with Crippen molar-refractivity contribution in [2.45, 2.75) is 39.2 Å². The normalized spacial score (nSPS) is 23.9. The minimum atomic E-state index is 0.283. The van der Waals surface area contributed by atoms with Gasteiger partial charge in [-0.2, -0.15) is 0 Å². The average molecular weight is 247 g/mol. The average Bonchev–Trinajstić information content (AvgIpc) is 2.94. The number of nitrogens with zero attached hydrogens (tertiary/aromatic N) is 3. The summed E-state index contributed by atoms with van der Waals surface area (Å²) in [4.78, 5) is 8.85. The Morgan fingerprint density at radius 1 is 1.67 bits per heavy atom. The van der Waals surface area contributed by atoms with E-state index in [2.05, 4.69) is 21.1 Å². The molecule has 1 aromatic rings. The van der Waals surface area contributed by atoms with Gasteiger partial charge < -0.3 is 9.67 Å². The van der Waals surface area contributed by atoms with Gasteiger partial charge in [0.1, 0.15) is 5.69 Å². The lowest BCUT2D eigenvalue weighted by atomic mass is 10.1. The summed E-state index contributed by atoms with van der Waals surface area (Å²) in [6.07, 6.45) is 6.82. The van der Waals surface area contributed by atoms with Gasteiger partial charge in [-0.15, -0.1) is 0 Å². The van der Waals surface area contributed by atoms with E-state index >= 15 is 0 Å². The van der Waals surface area contributed by atoms with Crippen LogP contribution in [-0.4, -0.2) is 27.5 Å². The number of aromatic nitrogens is 2. The second-order valence-corrected chi connectivity index (χ2v) is 5.01. The van der Waals surface area contributed by atoms with Gasteiger partial charge in [-0.3, -0.25) is 0 Å². The van der Waals surface area contributed by atoms with E-state index in [9.17, 15) is 5.11 Å². The fraction of sp³-hybridized carbons (Fsp3) is 0.571. The van der Waals surface area contributed by atoms with Gasteiger partial charge in [-0.05, 0) is 44.6 Å². The van der Waals surface area contributed by atoms with Crippen LogP contribution in [0.4, 0.5) is 5.82 Å². The van der Waals surface area contributed by atoms with E-state index in [1.807, 2.05) is 20.2 Å². The van der Waals surface area contributed by atoms with Gasteiger partial charge in [0, 0.05) is 18.9 Å². The van der Waals surface area contributed by atoms with Crippen LogP contribution in [0.3, 0.4) is 0 Å². The van der Waals surface area contributed by atoms with Gasteiger partial charge in [0.05, 0.1) is 6.33 Å². The highest BCUT2D eigenvalue weighted by atomic mass is 16.3. The standard InChI is InChI=1S/C14H21N3O/c1-4-15-14-13(10(2)3)16-9-17(14)12-6-5-11(7-12)8-18/h4,9,11-12,18H,2,5-8H2,1,3H3/t11?,12-/m1/s1. The molecule has 1 aliphatic rings. The summed E-state index contributed by atoms with van der Waals surface area (Å²) in [6, 6.07) is 0.404. The number of imidazole rings is 1. The molecular formula is C14H21N3O. The first kappa shape index (κ1) is 13.0. The molecule has 1 saturated carbocycles. The van der Waals surface area contributed by atoms with Crippen LogP contribution in [0.25, 0.3) is 5.57 Å². The van der Waals surface area contributed by atoms with E-state index in [1.165, 1.54) is 0 Å². The zero-order chi connectivity index (χ0) is 13.1. The number of aliphatic imine (C=N–C) groups is 1. The number of aliphatic hydroxyl groups excluding tert-OH is 1. The molecule has 1 heterocycles. The van der Waals surface area contributed by atoms with Crippen molar-refractivity contribution in [1.82, 2.24) is 9.55 Å². The first-order valence-electron chi connectivity index (χ1n) is 6.49. The van der Waals surface area contributed by atoms with Crippen LogP contribution in [0.15, 0.2) is 17.9 Å². The van der Waals surface area contributed by atoms with Gasteiger partial charge in [0.25, 0.3) is 0 Å². The Morgan fingerprint density at radius 3 is 3.00 bits per heavy atom. The van der Waals surface area contributed by atoms with E-state index in [1.54, 1.807) is 6.21 Å². The molecule has 1 N–H and O–H groups in total. The Balaban J connectivity index is 2.31. The lowest BCUT2D eigenvalue weighted by Gasteiger charge is -2.14. The number of allylic oxidation sites excluding steroid dienone is 1. The Labute approximate surface area is 108 Å². The molecule has 0 saturated heterocycles. The van der Waals surface area contributed by atoms with Crippen LogP contribution in [0, 0.1) is 5.92 Å². The maximum atomic E-state index is 9.23. The first-order chi connectivity index (χ1) is 8.67. The molecule has 4 heteroatoms. The number of rotatable bonds is 4. The molecule has 18 heavy (non-hydrogen) atoms. The van der Waals surface area contributed by atoms with Gasteiger partial charge in [-0.25, -0.2) is 9.98 Å². The maximum Gasteiger partial charge on any atom is 0.159 e. The van der Waals surface area contributed by atoms with Crippen molar-refractivity contribution in [1.29, 1.82) is 0 Å². The lowest BCUT2D eigenvalue weighted by molar-refractivity contribution is 0.226. The third-order valence-corrected chi connectivity index (χ3v) is 3.59. The molecule has 2 rings (SSSR count). The fourth-order valence-electron chi connectivity index (χ4n) is 2.64. The van der Waals surface area contributed by atoms with Crippen LogP contribution in [0.5, 0.6) is 0 Å². The van der Waals surface area contributed by atoms with E-state index < -0.39 is 0 Å².